The van der Waals surface area contributed by atoms with E-state index in [2.05, 4.69) is 6.07 Å². The lowest BCUT2D eigenvalue weighted by molar-refractivity contribution is -0.143. The molecule has 21 heavy (non-hydrogen) atoms. The molecule has 0 bridgehead atoms. The first-order valence-corrected chi connectivity index (χ1v) is 7.17. The van der Waals surface area contributed by atoms with Crippen LogP contribution in [0, 0.1) is 11.3 Å². The minimum absolute atomic E-state index is 0.0880. The molecule has 0 atom stereocenters. The quantitative estimate of drug-likeness (QED) is 0.615. The lowest BCUT2D eigenvalue weighted by Gasteiger charge is -2.18. The van der Waals surface area contributed by atoms with Gasteiger partial charge in [0.15, 0.2) is 0 Å². The third kappa shape index (κ3) is 4.06. The molecule has 0 N–H and O–H groups in total. The number of hydrogen-bond donors (Lipinski definition) is 0. The van der Waals surface area contributed by atoms with Crippen molar-refractivity contribution in [2.75, 3.05) is 13.2 Å². The van der Waals surface area contributed by atoms with E-state index in [1.807, 2.05) is 0 Å². The summed E-state index contributed by atoms with van der Waals surface area (Å²) in [5.74, 6) is 0.360. The monoisotopic (exact) mass is 286 g/mol. The minimum Gasteiger partial charge on any atom is -0.492 e. The molecule has 5 heteroatoms. The molecule has 1 saturated heterocycles. The van der Waals surface area contributed by atoms with Crippen molar-refractivity contribution in [3.8, 4) is 11.8 Å². The van der Waals surface area contributed by atoms with Gasteiger partial charge in [-0.15, -0.1) is 0 Å². The Balaban J connectivity index is 1.82. The van der Waals surface area contributed by atoms with Gasteiger partial charge in [0, 0.05) is 19.4 Å². The number of amides is 2. The molecule has 0 saturated carbocycles. The molecule has 1 aliphatic rings. The maximum atomic E-state index is 11.8. The van der Waals surface area contributed by atoms with Crippen LogP contribution in [0.25, 0.3) is 0 Å². The molecule has 0 spiro atoms. The lowest BCUT2D eigenvalue weighted by atomic mass is 10.2. The minimum atomic E-state index is -0.0880. The molecule has 2 rings (SSSR count). The molecule has 1 aromatic rings. The predicted molar refractivity (Wildman–Crippen MR) is 76.5 cm³/mol. The van der Waals surface area contributed by atoms with Crippen LogP contribution in [0.3, 0.4) is 0 Å². The Hall–Kier alpha value is -2.35. The lowest BCUT2D eigenvalue weighted by Crippen LogP contribution is -2.36. The molecule has 0 aliphatic carbocycles. The summed E-state index contributed by atoms with van der Waals surface area (Å²) in [6, 6.07) is 9.07. The average Bonchev–Trinajstić information content (AvgIpc) is 2.66. The molecule has 110 valence electrons. The predicted octanol–water partition coefficient (Wildman–Crippen LogP) is 2.26. The number of ether oxygens (including phenoxy) is 1. The standard InChI is InChI=1S/C16H18N2O3/c17-12-13-6-1-2-7-14(13)21-11-5-10-18-15(19)8-3-4-9-16(18)20/h1-2,6-7H,3-5,8-11H2. The SMILES string of the molecule is N#Cc1ccccc1OCCCN1C(=O)CCCCC1=O. The van der Waals surface area contributed by atoms with Crippen molar-refractivity contribution >= 4 is 11.8 Å². The number of nitriles is 1. The zero-order chi connectivity index (χ0) is 15.1. The fourth-order valence-electron chi connectivity index (χ4n) is 2.30. The summed E-state index contributed by atoms with van der Waals surface area (Å²) < 4.78 is 5.55. The van der Waals surface area contributed by atoms with E-state index in [4.69, 9.17) is 10.00 Å². The number of carbonyl (C=O) groups is 2. The van der Waals surface area contributed by atoms with E-state index in [1.165, 1.54) is 4.90 Å². The van der Waals surface area contributed by atoms with Gasteiger partial charge in [-0.3, -0.25) is 14.5 Å². The summed E-state index contributed by atoms with van der Waals surface area (Å²) in [7, 11) is 0. The Morgan fingerprint density at radius 1 is 1.14 bits per heavy atom. The summed E-state index contributed by atoms with van der Waals surface area (Å²) in [5, 5.41) is 8.95. The number of rotatable bonds is 5. The van der Waals surface area contributed by atoms with Crippen LogP contribution in [0.5, 0.6) is 5.75 Å². The molecule has 0 radical (unpaired) electrons. The van der Waals surface area contributed by atoms with Gasteiger partial charge in [-0.05, 0) is 31.4 Å². The molecule has 1 aliphatic heterocycles. The smallest absolute Gasteiger partial charge is 0.229 e. The highest BCUT2D eigenvalue weighted by Crippen LogP contribution is 2.17. The van der Waals surface area contributed by atoms with Crippen LogP contribution in [0.15, 0.2) is 24.3 Å². The van der Waals surface area contributed by atoms with E-state index in [0.717, 1.165) is 12.8 Å². The van der Waals surface area contributed by atoms with Gasteiger partial charge in [-0.1, -0.05) is 12.1 Å². The summed E-state index contributed by atoms with van der Waals surface area (Å²) in [6.45, 7) is 0.752. The highest BCUT2D eigenvalue weighted by Gasteiger charge is 2.23. The highest BCUT2D eigenvalue weighted by molar-refractivity contribution is 5.95. The van der Waals surface area contributed by atoms with Gasteiger partial charge in [0.1, 0.15) is 11.8 Å². The number of nitrogens with zero attached hydrogens (tertiary/aromatic N) is 2. The van der Waals surface area contributed by atoms with Crippen LogP contribution in [-0.2, 0) is 9.59 Å². The first kappa shape index (κ1) is 15.0. The van der Waals surface area contributed by atoms with E-state index >= 15 is 0 Å². The van der Waals surface area contributed by atoms with Crippen LogP contribution in [0.1, 0.15) is 37.7 Å². The summed E-state index contributed by atoms with van der Waals surface area (Å²) in [4.78, 5) is 25.0. The zero-order valence-corrected chi connectivity index (χ0v) is 11.9. The molecule has 0 unspecified atom stereocenters. The molecule has 2 amide bonds. The van der Waals surface area contributed by atoms with Crippen LogP contribution in [0.2, 0.25) is 0 Å². The third-order valence-corrected chi connectivity index (χ3v) is 3.42. The summed E-state index contributed by atoms with van der Waals surface area (Å²) >= 11 is 0. The Morgan fingerprint density at radius 2 is 1.81 bits per heavy atom. The topological polar surface area (TPSA) is 70.4 Å². The van der Waals surface area contributed by atoms with E-state index in [0.29, 0.717) is 43.7 Å². The van der Waals surface area contributed by atoms with Gasteiger partial charge in [0.2, 0.25) is 11.8 Å². The third-order valence-electron chi connectivity index (χ3n) is 3.42. The zero-order valence-electron chi connectivity index (χ0n) is 11.9. The number of likely N-dealkylation sites (tertiary alicyclic amines) is 1. The van der Waals surface area contributed by atoms with Gasteiger partial charge < -0.3 is 4.74 Å². The second kappa shape index (κ2) is 7.44. The average molecular weight is 286 g/mol. The Bertz CT molecular complexity index is 545. The second-order valence-electron chi connectivity index (χ2n) is 4.96. The van der Waals surface area contributed by atoms with Crippen molar-refractivity contribution in [1.82, 2.24) is 4.90 Å². The largest absolute Gasteiger partial charge is 0.492 e. The Morgan fingerprint density at radius 3 is 2.48 bits per heavy atom. The highest BCUT2D eigenvalue weighted by atomic mass is 16.5. The van der Waals surface area contributed by atoms with Gasteiger partial charge >= 0.3 is 0 Å². The molecular formula is C16H18N2O3. The Kier molecular flexibility index (Phi) is 5.33. The van der Waals surface area contributed by atoms with Crippen molar-refractivity contribution in [1.29, 1.82) is 5.26 Å². The van der Waals surface area contributed by atoms with E-state index < -0.39 is 0 Å². The van der Waals surface area contributed by atoms with Crippen LogP contribution >= 0.6 is 0 Å². The maximum Gasteiger partial charge on any atom is 0.229 e. The Labute approximate surface area is 124 Å². The van der Waals surface area contributed by atoms with E-state index in [-0.39, 0.29) is 11.8 Å². The van der Waals surface area contributed by atoms with Crippen molar-refractivity contribution in [2.45, 2.75) is 32.1 Å². The van der Waals surface area contributed by atoms with Crippen molar-refractivity contribution in [2.24, 2.45) is 0 Å². The van der Waals surface area contributed by atoms with Crippen molar-refractivity contribution < 1.29 is 14.3 Å². The molecule has 5 nitrogen and oxygen atoms in total. The maximum absolute atomic E-state index is 11.8. The molecule has 1 fully saturated rings. The molecule has 1 aromatic carbocycles. The van der Waals surface area contributed by atoms with Gasteiger partial charge in [-0.2, -0.15) is 5.26 Å². The van der Waals surface area contributed by atoms with Crippen LogP contribution in [-0.4, -0.2) is 29.9 Å². The van der Waals surface area contributed by atoms with Gasteiger partial charge in [0.25, 0.3) is 0 Å². The molecule has 1 heterocycles. The summed E-state index contributed by atoms with van der Waals surface area (Å²) in [5.41, 5.74) is 0.486. The normalized spacial score (nSPS) is 15.5. The summed E-state index contributed by atoms with van der Waals surface area (Å²) in [6.07, 6.45) is 3.03. The van der Waals surface area contributed by atoms with Gasteiger partial charge in [-0.25, -0.2) is 0 Å². The van der Waals surface area contributed by atoms with Gasteiger partial charge in [0.05, 0.1) is 12.2 Å². The fraction of sp³-hybridized carbons (Fsp3) is 0.438. The number of benzene rings is 1. The molecular weight excluding hydrogens is 268 g/mol. The van der Waals surface area contributed by atoms with Crippen LogP contribution < -0.4 is 4.74 Å². The first-order chi connectivity index (χ1) is 10.2. The van der Waals surface area contributed by atoms with E-state index in [9.17, 15) is 9.59 Å². The number of para-hydroxylation sites is 1. The van der Waals surface area contributed by atoms with E-state index in [1.54, 1.807) is 24.3 Å². The van der Waals surface area contributed by atoms with Crippen molar-refractivity contribution in [3.05, 3.63) is 29.8 Å². The first-order valence-electron chi connectivity index (χ1n) is 7.17. The van der Waals surface area contributed by atoms with Crippen molar-refractivity contribution in [3.63, 3.8) is 0 Å². The van der Waals surface area contributed by atoms with Crippen LogP contribution in [0.4, 0.5) is 0 Å². The second-order valence-corrected chi connectivity index (χ2v) is 4.96. The number of carbonyl (C=O) groups excluding carboxylic acids is 2. The molecule has 0 aromatic heterocycles. The number of hydrogen-bond acceptors (Lipinski definition) is 4. The number of imide groups is 1. The fourth-order valence-corrected chi connectivity index (χ4v) is 2.30.